The zero-order valence-electron chi connectivity index (χ0n) is 12.7. The van der Waals surface area contributed by atoms with Crippen molar-refractivity contribution in [2.24, 2.45) is 40.9 Å². The van der Waals surface area contributed by atoms with Crippen LogP contribution in [0.1, 0.15) is 61.8 Å². The molecule has 0 aromatic rings. The fraction of sp³-hybridized carbons (Fsp3) is 1.00. The van der Waals surface area contributed by atoms with Gasteiger partial charge in [0.2, 0.25) is 0 Å². The van der Waals surface area contributed by atoms with Crippen molar-refractivity contribution in [2.75, 3.05) is 0 Å². The highest BCUT2D eigenvalue weighted by Crippen LogP contribution is 2.64. The molecule has 16 heavy (non-hydrogen) atoms. The van der Waals surface area contributed by atoms with Gasteiger partial charge in [0.15, 0.2) is 0 Å². The third kappa shape index (κ3) is 1.93. The van der Waals surface area contributed by atoms with Gasteiger partial charge >= 0.3 is 0 Å². The lowest BCUT2D eigenvalue weighted by Crippen LogP contribution is -2.57. The first-order chi connectivity index (χ1) is 7.25. The van der Waals surface area contributed by atoms with Crippen molar-refractivity contribution in [3.63, 3.8) is 0 Å². The molecule has 1 fully saturated rings. The van der Waals surface area contributed by atoms with Gasteiger partial charge in [0, 0.05) is 0 Å². The van der Waals surface area contributed by atoms with E-state index in [0.29, 0.717) is 5.41 Å². The van der Waals surface area contributed by atoms with E-state index in [9.17, 15) is 0 Å². The molecule has 0 saturated heterocycles. The van der Waals surface area contributed by atoms with Crippen LogP contribution in [0.2, 0.25) is 0 Å². The fourth-order valence-electron chi connectivity index (χ4n) is 4.58. The Morgan fingerprint density at radius 3 is 1.44 bits per heavy atom. The molecule has 0 N–H and O–H groups in total. The summed E-state index contributed by atoms with van der Waals surface area (Å²) < 4.78 is 0. The van der Waals surface area contributed by atoms with Gasteiger partial charge in [-0.2, -0.15) is 0 Å². The molecule has 0 bridgehead atoms. The molecule has 1 rings (SSSR count). The number of hydrogen-bond donors (Lipinski definition) is 0. The molecule has 0 amide bonds. The molecule has 0 heteroatoms. The molecule has 1 aliphatic rings. The van der Waals surface area contributed by atoms with Crippen LogP contribution < -0.4 is 0 Å². The summed E-state index contributed by atoms with van der Waals surface area (Å²) in [5.74, 6) is 5.26. The Morgan fingerprint density at radius 1 is 0.750 bits per heavy atom. The van der Waals surface area contributed by atoms with Crippen molar-refractivity contribution < 1.29 is 0 Å². The van der Waals surface area contributed by atoms with E-state index in [4.69, 9.17) is 0 Å². The second kappa shape index (κ2) is 4.70. The first-order valence-electron chi connectivity index (χ1n) is 7.25. The molecule has 0 aromatic heterocycles. The zero-order valence-corrected chi connectivity index (χ0v) is 12.7. The minimum absolute atomic E-state index is 0.614. The molecule has 1 saturated carbocycles. The molecular weight excluding hydrogens is 192 g/mol. The van der Waals surface area contributed by atoms with Crippen molar-refractivity contribution in [3.05, 3.63) is 0 Å². The Morgan fingerprint density at radius 2 is 1.19 bits per heavy atom. The minimum atomic E-state index is 0.614. The second-order valence-corrected chi connectivity index (χ2v) is 7.30. The summed E-state index contributed by atoms with van der Waals surface area (Å²) >= 11 is 0. The summed E-state index contributed by atoms with van der Waals surface area (Å²) in [6, 6.07) is 0. The van der Waals surface area contributed by atoms with Crippen molar-refractivity contribution >= 4 is 0 Å². The van der Waals surface area contributed by atoms with Crippen LogP contribution in [0.25, 0.3) is 0 Å². The van der Waals surface area contributed by atoms with Crippen molar-refractivity contribution in [3.8, 4) is 0 Å². The van der Waals surface area contributed by atoms with Crippen LogP contribution >= 0.6 is 0 Å². The standard InChI is InChI=1S/C16H32/c1-10(2)14-9-16(12(5)6,13(7)8)15(14)11(3)4/h10-15H,9H2,1-8H3. The predicted molar refractivity (Wildman–Crippen MR) is 73.4 cm³/mol. The van der Waals surface area contributed by atoms with Crippen LogP contribution in [0.5, 0.6) is 0 Å². The molecule has 0 aromatic carbocycles. The Balaban J connectivity index is 2.97. The summed E-state index contributed by atoms with van der Waals surface area (Å²) in [7, 11) is 0. The lowest BCUT2D eigenvalue weighted by atomic mass is 9.41. The quantitative estimate of drug-likeness (QED) is 0.613. The van der Waals surface area contributed by atoms with E-state index in [1.165, 1.54) is 6.42 Å². The molecule has 2 unspecified atom stereocenters. The van der Waals surface area contributed by atoms with E-state index in [1.54, 1.807) is 0 Å². The first-order valence-corrected chi connectivity index (χ1v) is 7.25. The van der Waals surface area contributed by atoms with Crippen molar-refractivity contribution in [1.82, 2.24) is 0 Å². The predicted octanol–water partition coefficient (Wildman–Crippen LogP) is 5.23. The summed E-state index contributed by atoms with van der Waals surface area (Å²) in [5.41, 5.74) is 0.614. The molecule has 0 nitrogen and oxygen atoms in total. The van der Waals surface area contributed by atoms with E-state index >= 15 is 0 Å². The highest BCUT2D eigenvalue weighted by molar-refractivity contribution is 5.06. The third-order valence-corrected chi connectivity index (χ3v) is 5.40. The maximum Gasteiger partial charge on any atom is -0.0215 e. The minimum Gasteiger partial charge on any atom is -0.0625 e. The van der Waals surface area contributed by atoms with Gasteiger partial charge in [-0.1, -0.05) is 55.4 Å². The summed E-state index contributed by atoms with van der Waals surface area (Å²) in [6.07, 6.45) is 1.46. The van der Waals surface area contributed by atoms with Crippen LogP contribution in [0.3, 0.4) is 0 Å². The zero-order chi connectivity index (χ0) is 12.7. The van der Waals surface area contributed by atoms with Gasteiger partial charge in [-0.15, -0.1) is 0 Å². The Kier molecular flexibility index (Phi) is 4.13. The van der Waals surface area contributed by atoms with Gasteiger partial charge in [-0.05, 0) is 47.3 Å². The average molecular weight is 224 g/mol. The highest BCUT2D eigenvalue weighted by atomic mass is 14.6. The first kappa shape index (κ1) is 14.1. The van der Waals surface area contributed by atoms with E-state index in [0.717, 1.165) is 35.5 Å². The molecule has 2 atom stereocenters. The largest absolute Gasteiger partial charge is 0.0625 e. The smallest absolute Gasteiger partial charge is 0.0215 e. The number of rotatable bonds is 4. The fourth-order valence-corrected chi connectivity index (χ4v) is 4.58. The SMILES string of the molecule is CC(C)C1CC(C(C)C)(C(C)C)C1C(C)C. The van der Waals surface area contributed by atoms with E-state index in [-0.39, 0.29) is 0 Å². The van der Waals surface area contributed by atoms with Gasteiger partial charge < -0.3 is 0 Å². The molecule has 0 heterocycles. The molecule has 1 aliphatic carbocycles. The summed E-state index contributed by atoms with van der Waals surface area (Å²) in [6.45, 7) is 19.4. The molecule has 0 spiro atoms. The Bertz CT molecular complexity index is 214. The Labute approximate surface area is 103 Å². The van der Waals surface area contributed by atoms with E-state index in [2.05, 4.69) is 55.4 Å². The maximum absolute atomic E-state index is 2.44. The van der Waals surface area contributed by atoms with E-state index < -0.39 is 0 Å². The van der Waals surface area contributed by atoms with E-state index in [1.807, 2.05) is 0 Å². The summed E-state index contributed by atoms with van der Waals surface area (Å²) in [4.78, 5) is 0. The van der Waals surface area contributed by atoms with Crippen LogP contribution in [0.4, 0.5) is 0 Å². The van der Waals surface area contributed by atoms with Crippen LogP contribution in [0, 0.1) is 40.9 Å². The highest BCUT2D eigenvalue weighted by Gasteiger charge is 2.57. The molecule has 96 valence electrons. The third-order valence-electron chi connectivity index (χ3n) is 5.40. The van der Waals surface area contributed by atoms with Crippen molar-refractivity contribution in [2.45, 2.75) is 61.8 Å². The number of hydrogen-bond acceptors (Lipinski definition) is 0. The van der Waals surface area contributed by atoms with Crippen LogP contribution in [-0.2, 0) is 0 Å². The normalized spacial score (nSPS) is 29.2. The van der Waals surface area contributed by atoms with Crippen LogP contribution in [0.15, 0.2) is 0 Å². The topological polar surface area (TPSA) is 0 Å². The average Bonchev–Trinajstić information content (AvgIpc) is 1.98. The van der Waals surface area contributed by atoms with Gasteiger partial charge in [0.25, 0.3) is 0 Å². The van der Waals surface area contributed by atoms with Gasteiger partial charge in [-0.3, -0.25) is 0 Å². The van der Waals surface area contributed by atoms with Gasteiger partial charge in [-0.25, -0.2) is 0 Å². The second-order valence-electron chi connectivity index (χ2n) is 7.30. The van der Waals surface area contributed by atoms with Crippen molar-refractivity contribution in [1.29, 1.82) is 0 Å². The Hall–Kier alpha value is 0. The lowest BCUT2D eigenvalue weighted by molar-refractivity contribution is -0.154. The molecular formula is C16H32. The molecule has 0 radical (unpaired) electrons. The van der Waals surface area contributed by atoms with Crippen LogP contribution in [-0.4, -0.2) is 0 Å². The maximum atomic E-state index is 2.44. The lowest BCUT2D eigenvalue weighted by Gasteiger charge is -2.64. The molecule has 0 aliphatic heterocycles. The van der Waals surface area contributed by atoms with Gasteiger partial charge in [0.1, 0.15) is 0 Å². The monoisotopic (exact) mass is 224 g/mol. The summed E-state index contributed by atoms with van der Waals surface area (Å²) in [5, 5.41) is 0. The van der Waals surface area contributed by atoms with Gasteiger partial charge in [0.05, 0.1) is 0 Å².